The molecule has 4 rings (SSSR count). The maximum Gasteiger partial charge on any atom is 0.250 e. The number of aromatic nitrogens is 2. The smallest absolute Gasteiger partial charge is 0.250 e. The second-order valence-electron chi connectivity index (χ2n) is 8.30. The molecule has 0 radical (unpaired) electrons. The normalized spacial score (nSPS) is 11.3. The SMILES string of the molecule is CCN(CC)c1ccc(C=NNC(=O)CSc2nc3ccccc3n2Cc2ccc(C)cc2)cc1. The van der Waals surface area contributed by atoms with Gasteiger partial charge in [-0.15, -0.1) is 0 Å². The van der Waals surface area contributed by atoms with Crippen LogP contribution in [0.3, 0.4) is 0 Å². The molecule has 0 unspecified atom stereocenters. The number of imidazole rings is 1. The molecule has 0 spiro atoms. The van der Waals surface area contributed by atoms with E-state index in [1.54, 1.807) is 6.21 Å². The minimum atomic E-state index is -0.167. The molecule has 3 aromatic carbocycles. The molecule has 4 aromatic rings. The van der Waals surface area contributed by atoms with E-state index in [-0.39, 0.29) is 11.7 Å². The van der Waals surface area contributed by atoms with Gasteiger partial charge in [0.15, 0.2) is 5.16 Å². The molecule has 180 valence electrons. The summed E-state index contributed by atoms with van der Waals surface area (Å²) in [6.07, 6.45) is 1.67. The van der Waals surface area contributed by atoms with Crippen LogP contribution in [0.1, 0.15) is 30.5 Å². The molecule has 1 aromatic heterocycles. The number of anilines is 1. The Kier molecular flexibility index (Phi) is 8.21. The summed E-state index contributed by atoms with van der Waals surface area (Å²) in [7, 11) is 0. The maximum absolute atomic E-state index is 12.5. The first kappa shape index (κ1) is 24.5. The lowest BCUT2D eigenvalue weighted by Crippen LogP contribution is -2.21. The third-order valence-corrected chi connectivity index (χ3v) is 6.81. The number of hydrogen-bond acceptors (Lipinski definition) is 5. The van der Waals surface area contributed by atoms with Gasteiger partial charge in [0, 0.05) is 18.8 Å². The summed E-state index contributed by atoms with van der Waals surface area (Å²) < 4.78 is 2.17. The number of carbonyl (C=O) groups excluding carboxylic acids is 1. The summed E-state index contributed by atoms with van der Waals surface area (Å²) in [5.74, 6) is 0.0649. The Morgan fingerprint density at radius 3 is 2.46 bits per heavy atom. The van der Waals surface area contributed by atoms with Crippen molar-refractivity contribution >= 4 is 40.6 Å². The average molecular weight is 486 g/mol. The highest BCUT2D eigenvalue weighted by Crippen LogP contribution is 2.25. The molecule has 0 bridgehead atoms. The Morgan fingerprint density at radius 2 is 1.74 bits per heavy atom. The van der Waals surface area contributed by atoms with Gasteiger partial charge in [0.1, 0.15) is 0 Å². The van der Waals surface area contributed by atoms with Crippen LogP contribution in [0.4, 0.5) is 5.69 Å². The van der Waals surface area contributed by atoms with Gasteiger partial charge in [-0.1, -0.05) is 65.9 Å². The first-order chi connectivity index (χ1) is 17.1. The van der Waals surface area contributed by atoms with Crippen LogP contribution in [-0.4, -0.2) is 40.5 Å². The first-order valence-electron chi connectivity index (χ1n) is 11.9. The Balaban J connectivity index is 1.38. The summed E-state index contributed by atoms with van der Waals surface area (Å²) >= 11 is 1.42. The summed E-state index contributed by atoms with van der Waals surface area (Å²) in [6, 6.07) is 24.7. The number of nitrogens with zero attached hydrogens (tertiary/aromatic N) is 4. The van der Waals surface area contributed by atoms with E-state index in [1.807, 2.05) is 30.3 Å². The van der Waals surface area contributed by atoms with Gasteiger partial charge in [-0.3, -0.25) is 4.79 Å². The molecule has 0 saturated carbocycles. The summed E-state index contributed by atoms with van der Waals surface area (Å²) in [5.41, 5.74) is 9.16. The Bertz CT molecular complexity index is 1290. The van der Waals surface area contributed by atoms with Crippen molar-refractivity contribution in [1.82, 2.24) is 15.0 Å². The van der Waals surface area contributed by atoms with Gasteiger partial charge in [0.2, 0.25) is 0 Å². The number of fused-ring (bicyclic) bond motifs is 1. The van der Waals surface area contributed by atoms with Gasteiger partial charge in [-0.2, -0.15) is 5.10 Å². The minimum absolute atomic E-state index is 0.167. The molecule has 0 aliphatic rings. The average Bonchev–Trinajstić information content (AvgIpc) is 3.23. The largest absolute Gasteiger partial charge is 0.372 e. The van der Waals surface area contributed by atoms with Crippen molar-refractivity contribution in [2.75, 3.05) is 23.7 Å². The van der Waals surface area contributed by atoms with Crippen molar-refractivity contribution in [2.45, 2.75) is 32.5 Å². The van der Waals surface area contributed by atoms with Crippen LogP contribution in [0.15, 0.2) is 83.1 Å². The fourth-order valence-electron chi connectivity index (χ4n) is 3.89. The van der Waals surface area contributed by atoms with E-state index in [0.29, 0.717) is 6.54 Å². The topological polar surface area (TPSA) is 62.5 Å². The number of para-hydroxylation sites is 2. The predicted molar refractivity (Wildman–Crippen MR) is 146 cm³/mol. The van der Waals surface area contributed by atoms with Crippen LogP contribution >= 0.6 is 11.8 Å². The van der Waals surface area contributed by atoms with E-state index in [0.717, 1.165) is 34.8 Å². The standard InChI is InChI=1S/C28H31N5OS/c1-4-32(5-2)24-16-14-22(15-17-24)18-29-31-27(34)20-35-28-30-25-8-6-7-9-26(25)33(28)19-23-12-10-21(3)11-13-23/h6-18H,4-5,19-20H2,1-3H3,(H,31,34). The van der Waals surface area contributed by atoms with Crippen LogP contribution in [0.25, 0.3) is 11.0 Å². The fourth-order valence-corrected chi connectivity index (χ4v) is 4.70. The van der Waals surface area contributed by atoms with E-state index in [2.05, 4.69) is 83.2 Å². The van der Waals surface area contributed by atoms with Crippen molar-refractivity contribution in [1.29, 1.82) is 0 Å². The number of amides is 1. The number of hydrazone groups is 1. The summed E-state index contributed by atoms with van der Waals surface area (Å²) in [5, 5.41) is 4.95. The van der Waals surface area contributed by atoms with Crippen LogP contribution in [-0.2, 0) is 11.3 Å². The van der Waals surface area contributed by atoms with Gasteiger partial charge in [-0.05, 0) is 56.2 Å². The zero-order valence-corrected chi connectivity index (χ0v) is 21.3. The molecule has 0 atom stereocenters. The van der Waals surface area contributed by atoms with Gasteiger partial charge in [-0.25, -0.2) is 10.4 Å². The molecule has 35 heavy (non-hydrogen) atoms. The van der Waals surface area contributed by atoms with E-state index >= 15 is 0 Å². The van der Waals surface area contributed by atoms with Crippen molar-refractivity contribution in [3.63, 3.8) is 0 Å². The van der Waals surface area contributed by atoms with Crippen molar-refractivity contribution < 1.29 is 4.79 Å². The lowest BCUT2D eigenvalue weighted by Gasteiger charge is -2.20. The molecular weight excluding hydrogens is 454 g/mol. The zero-order chi connectivity index (χ0) is 24.6. The number of rotatable bonds is 10. The number of carbonyl (C=O) groups is 1. The van der Waals surface area contributed by atoms with Crippen LogP contribution < -0.4 is 10.3 Å². The molecule has 1 heterocycles. The molecule has 0 saturated heterocycles. The maximum atomic E-state index is 12.5. The van der Waals surface area contributed by atoms with Gasteiger partial charge < -0.3 is 9.47 Å². The molecule has 0 fully saturated rings. The van der Waals surface area contributed by atoms with Crippen molar-refractivity contribution in [3.8, 4) is 0 Å². The van der Waals surface area contributed by atoms with Gasteiger partial charge in [0.25, 0.3) is 5.91 Å². The molecule has 6 nitrogen and oxygen atoms in total. The molecule has 0 aliphatic heterocycles. The Morgan fingerprint density at radius 1 is 1.03 bits per heavy atom. The third-order valence-electron chi connectivity index (χ3n) is 5.84. The fraction of sp³-hybridized carbons (Fsp3) is 0.250. The van der Waals surface area contributed by atoms with Gasteiger partial charge >= 0.3 is 0 Å². The Hall–Kier alpha value is -3.58. The number of hydrogen-bond donors (Lipinski definition) is 1. The molecule has 1 amide bonds. The van der Waals surface area contributed by atoms with Crippen LogP contribution in [0, 0.1) is 6.92 Å². The second kappa shape index (κ2) is 11.7. The summed E-state index contributed by atoms with van der Waals surface area (Å²) in [4.78, 5) is 19.5. The molecule has 0 aliphatic carbocycles. The highest BCUT2D eigenvalue weighted by atomic mass is 32.2. The first-order valence-corrected chi connectivity index (χ1v) is 12.9. The molecule has 7 heteroatoms. The predicted octanol–water partition coefficient (Wildman–Crippen LogP) is 5.48. The third kappa shape index (κ3) is 6.31. The number of thioether (sulfide) groups is 1. The highest BCUT2D eigenvalue weighted by Gasteiger charge is 2.13. The minimum Gasteiger partial charge on any atom is -0.372 e. The Labute approximate surface area is 211 Å². The van der Waals surface area contributed by atoms with E-state index in [4.69, 9.17) is 4.98 Å². The highest BCUT2D eigenvalue weighted by molar-refractivity contribution is 7.99. The van der Waals surface area contributed by atoms with Gasteiger partial charge in [0.05, 0.1) is 29.5 Å². The van der Waals surface area contributed by atoms with E-state index in [1.165, 1.54) is 28.6 Å². The van der Waals surface area contributed by atoms with Crippen LogP contribution in [0.5, 0.6) is 0 Å². The summed E-state index contributed by atoms with van der Waals surface area (Å²) in [6.45, 7) is 9.01. The number of nitrogens with one attached hydrogen (secondary N) is 1. The number of aryl methyl sites for hydroxylation is 1. The lowest BCUT2D eigenvalue weighted by molar-refractivity contribution is -0.118. The van der Waals surface area contributed by atoms with E-state index in [9.17, 15) is 4.79 Å². The quantitative estimate of drug-likeness (QED) is 0.184. The van der Waals surface area contributed by atoms with Crippen molar-refractivity contribution in [3.05, 3.63) is 89.5 Å². The van der Waals surface area contributed by atoms with Crippen molar-refractivity contribution in [2.24, 2.45) is 5.10 Å². The lowest BCUT2D eigenvalue weighted by atomic mass is 10.1. The van der Waals surface area contributed by atoms with E-state index < -0.39 is 0 Å². The monoisotopic (exact) mass is 485 g/mol. The molecular formula is C28H31N5OS. The second-order valence-corrected chi connectivity index (χ2v) is 9.24. The molecule has 1 N–H and O–H groups in total. The number of benzene rings is 3. The zero-order valence-electron chi connectivity index (χ0n) is 20.4. The van der Waals surface area contributed by atoms with Crippen LogP contribution in [0.2, 0.25) is 0 Å².